The lowest BCUT2D eigenvalue weighted by Gasteiger charge is -2.32. The van der Waals surface area contributed by atoms with Gasteiger partial charge in [0.05, 0.1) is 0 Å². The van der Waals surface area contributed by atoms with E-state index in [-0.39, 0.29) is 5.41 Å². The van der Waals surface area contributed by atoms with Gasteiger partial charge in [-0.1, -0.05) is 20.8 Å². The van der Waals surface area contributed by atoms with Gasteiger partial charge in [-0.15, -0.1) is 0 Å². The van der Waals surface area contributed by atoms with E-state index in [0.717, 1.165) is 6.07 Å². The van der Waals surface area contributed by atoms with E-state index in [0.29, 0.717) is 24.4 Å². The third kappa shape index (κ3) is 3.01. The van der Waals surface area contributed by atoms with Gasteiger partial charge in [0.2, 0.25) is 0 Å². The SMILES string of the molecule is CC(C)C(C)(CN)Cc1cc(F)cc(F)c1. The fourth-order valence-electron chi connectivity index (χ4n) is 1.69. The van der Waals surface area contributed by atoms with E-state index in [1.807, 2.05) is 6.92 Å². The lowest BCUT2D eigenvalue weighted by atomic mass is 9.74. The van der Waals surface area contributed by atoms with E-state index >= 15 is 0 Å². The maximum Gasteiger partial charge on any atom is 0.126 e. The molecule has 1 aromatic rings. The van der Waals surface area contributed by atoms with Crippen LogP contribution in [0.25, 0.3) is 0 Å². The zero-order valence-corrected chi connectivity index (χ0v) is 10.1. The van der Waals surface area contributed by atoms with Gasteiger partial charge < -0.3 is 5.73 Å². The van der Waals surface area contributed by atoms with Crippen molar-refractivity contribution in [1.82, 2.24) is 0 Å². The summed E-state index contributed by atoms with van der Waals surface area (Å²) in [6.07, 6.45) is 0.593. The van der Waals surface area contributed by atoms with Crippen molar-refractivity contribution in [2.24, 2.45) is 17.1 Å². The largest absolute Gasteiger partial charge is 0.330 e. The van der Waals surface area contributed by atoms with Crippen LogP contribution in [-0.2, 0) is 6.42 Å². The number of halogens is 2. The minimum Gasteiger partial charge on any atom is -0.330 e. The first kappa shape index (κ1) is 13.1. The minimum absolute atomic E-state index is 0.125. The second-order valence-corrected chi connectivity index (χ2v) is 4.97. The number of rotatable bonds is 4. The Balaban J connectivity index is 2.94. The quantitative estimate of drug-likeness (QED) is 0.840. The smallest absolute Gasteiger partial charge is 0.126 e. The molecule has 3 heteroatoms. The highest BCUT2D eigenvalue weighted by molar-refractivity contribution is 5.19. The Morgan fingerprint density at radius 3 is 2.06 bits per heavy atom. The molecule has 0 aliphatic heterocycles. The van der Waals surface area contributed by atoms with Crippen LogP contribution >= 0.6 is 0 Å². The molecule has 1 rings (SSSR count). The highest BCUT2D eigenvalue weighted by atomic mass is 19.1. The van der Waals surface area contributed by atoms with Gasteiger partial charge >= 0.3 is 0 Å². The van der Waals surface area contributed by atoms with Gasteiger partial charge in [-0.3, -0.25) is 0 Å². The Labute approximate surface area is 95.7 Å². The van der Waals surface area contributed by atoms with Crippen molar-refractivity contribution in [1.29, 1.82) is 0 Å². The van der Waals surface area contributed by atoms with Gasteiger partial charge in [-0.25, -0.2) is 8.78 Å². The predicted molar refractivity (Wildman–Crippen MR) is 62.1 cm³/mol. The second kappa shape index (κ2) is 4.91. The summed E-state index contributed by atoms with van der Waals surface area (Å²) in [4.78, 5) is 0. The Morgan fingerprint density at radius 1 is 1.19 bits per heavy atom. The molecule has 0 amide bonds. The van der Waals surface area contributed by atoms with Crippen molar-refractivity contribution in [3.8, 4) is 0 Å². The molecule has 0 aliphatic rings. The van der Waals surface area contributed by atoms with Gasteiger partial charge in [0, 0.05) is 6.07 Å². The van der Waals surface area contributed by atoms with Crippen LogP contribution in [0.4, 0.5) is 8.78 Å². The normalized spacial score (nSPS) is 15.2. The van der Waals surface area contributed by atoms with Crippen molar-refractivity contribution in [3.63, 3.8) is 0 Å². The molecule has 0 heterocycles. The summed E-state index contributed by atoms with van der Waals surface area (Å²) in [6.45, 7) is 6.69. The van der Waals surface area contributed by atoms with Crippen molar-refractivity contribution in [3.05, 3.63) is 35.4 Å². The topological polar surface area (TPSA) is 26.0 Å². The molecule has 90 valence electrons. The highest BCUT2D eigenvalue weighted by Crippen LogP contribution is 2.30. The summed E-state index contributed by atoms with van der Waals surface area (Å²) in [5.74, 6) is -0.694. The van der Waals surface area contributed by atoms with Crippen LogP contribution in [0.5, 0.6) is 0 Å². The molecule has 0 aromatic heterocycles. The molecule has 1 atom stereocenters. The van der Waals surface area contributed by atoms with Crippen molar-refractivity contribution in [2.75, 3.05) is 6.54 Å². The van der Waals surface area contributed by atoms with E-state index in [1.54, 1.807) is 0 Å². The molecule has 2 N–H and O–H groups in total. The van der Waals surface area contributed by atoms with Gasteiger partial charge in [-0.2, -0.15) is 0 Å². The molecule has 1 aromatic carbocycles. The first-order valence-corrected chi connectivity index (χ1v) is 5.52. The molecule has 0 saturated carbocycles. The van der Waals surface area contributed by atoms with Crippen LogP contribution in [0.1, 0.15) is 26.3 Å². The van der Waals surface area contributed by atoms with Gasteiger partial charge in [-0.05, 0) is 42.0 Å². The average Bonchev–Trinajstić information content (AvgIpc) is 2.15. The zero-order valence-electron chi connectivity index (χ0n) is 10.1. The van der Waals surface area contributed by atoms with Crippen LogP contribution in [0.2, 0.25) is 0 Å². The third-order valence-corrected chi connectivity index (χ3v) is 3.39. The average molecular weight is 227 g/mol. The van der Waals surface area contributed by atoms with Crippen molar-refractivity contribution < 1.29 is 8.78 Å². The highest BCUT2D eigenvalue weighted by Gasteiger charge is 2.27. The lowest BCUT2D eigenvalue weighted by molar-refractivity contribution is 0.227. The summed E-state index contributed by atoms with van der Waals surface area (Å²) < 4.78 is 26.1. The molecular weight excluding hydrogens is 208 g/mol. The molecule has 0 fully saturated rings. The number of benzene rings is 1. The Hall–Kier alpha value is -0.960. The first-order chi connectivity index (χ1) is 7.37. The molecule has 1 unspecified atom stereocenters. The third-order valence-electron chi connectivity index (χ3n) is 3.39. The predicted octanol–water partition coefficient (Wildman–Crippen LogP) is 3.13. The number of nitrogens with two attached hydrogens (primary N) is 1. The van der Waals surface area contributed by atoms with E-state index in [4.69, 9.17) is 5.73 Å². The standard InChI is InChI=1S/C13H19F2N/c1-9(2)13(3,8-16)7-10-4-11(14)6-12(15)5-10/h4-6,9H,7-8,16H2,1-3H3. The Bertz CT molecular complexity index is 343. The number of hydrogen-bond acceptors (Lipinski definition) is 1. The summed E-state index contributed by atoms with van der Waals surface area (Å²) in [7, 11) is 0. The van der Waals surface area contributed by atoms with Crippen LogP contribution in [0.3, 0.4) is 0 Å². The van der Waals surface area contributed by atoms with Crippen LogP contribution in [0, 0.1) is 23.0 Å². The molecule has 0 aliphatic carbocycles. The second-order valence-electron chi connectivity index (χ2n) is 4.97. The van der Waals surface area contributed by atoms with Gasteiger partial charge in [0.25, 0.3) is 0 Å². The number of hydrogen-bond donors (Lipinski definition) is 1. The summed E-state index contributed by atoms with van der Waals surface area (Å²) in [6, 6.07) is 3.64. The molecule has 1 nitrogen and oxygen atoms in total. The lowest BCUT2D eigenvalue weighted by Crippen LogP contribution is -2.34. The summed E-state index contributed by atoms with van der Waals surface area (Å²) >= 11 is 0. The summed E-state index contributed by atoms with van der Waals surface area (Å²) in [5.41, 5.74) is 6.29. The van der Waals surface area contributed by atoms with Gasteiger partial charge in [0.15, 0.2) is 0 Å². The van der Waals surface area contributed by atoms with Crippen LogP contribution < -0.4 is 5.73 Å². The molecule has 0 bridgehead atoms. The van der Waals surface area contributed by atoms with Gasteiger partial charge in [0.1, 0.15) is 11.6 Å². The van der Waals surface area contributed by atoms with Crippen LogP contribution in [-0.4, -0.2) is 6.54 Å². The molecule has 0 saturated heterocycles. The molecule has 0 spiro atoms. The first-order valence-electron chi connectivity index (χ1n) is 5.52. The van der Waals surface area contributed by atoms with E-state index in [9.17, 15) is 8.78 Å². The maximum atomic E-state index is 13.0. The molecule has 16 heavy (non-hydrogen) atoms. The molecular formula is C13H19F2N. The van der Waals surface area contributed by atoms with E-state index in [1.165, 1.54) is 12.1 Å². The molecule has 0 radical (unpaired) electrons. The zero-order chi connectivity index (χ0) is 12.3. The van der Waals surface area contributed by atoms with E-state index in [2.05, 4.69) is 13.8 Å². The van der Waals surface area contributed by atoms with Crippen molar-refractivity contribution in [2.45, 2.75) is 27.2 Å². The monoisotopic (exact) mass is 227 g/mol. The fourth-order valence-corrected chi connectivity index (χ4v) is 1.69. The maximum absolute atomic E-state index is 13.0. The van der Waals surface area contributed by atoms with Crippen LogP contribution in [0.15, 0.2) is 18.2 Å². The van der Waals surface area contributed by atoms with Crippen molar-refractivity contribution >= 4 is 0 Å². The van der Waals surface area contributed by atoms with E-state index < -0.39 is 11.6 Å². The Kier molecular flexibility index (Phi) is 4.03. The Morgan fingerprint density at radius 2 is 1.69 bits per heavy atom. The minimum atomic E-state index is -0.530. The fraction of sp³-hybridized carbons (Fsp3) is 0.538. The summed E-state index contributed by atoms with van der Waals surface area (Å²) in [5, 5.41) is 0.